The van der Waals surface area contributed by atoms with Gasteiger partial charge in [-0.05, 0) is 45.3 Å². The van der Waals surface area contributed by atoms with Crippen LogP contribution >= 0.6 is 0 Å². The van der Waals surface area contributed by atoms with Crippen LogP contribution in [0.3, 0.4) is 0 Å². The van der Waals surface area contributed by atoms with Gasteiger partial charge in [0, 0.05) is 31.4 Å². The largest absolute Gasteiger partial charge is 0.312 e. The first-order chi connectivity index (χ1) is 8.66. The SMILES string of the molecule is Cc1c(CNCC(C)CN2CCCC2)cnn1C. The molecule has 1 aromatic heterocycles. The molecule has 0 aromatic carbocycles. The van der Waals surface area contributed by atoms with E-state index in [9.17, 15) is 0 Å². The second kappa shape index (κ2) is 6.34. The Morgan fingerprint density at radius 2 is 2.11 bits per heavy atom. The van der Waals surface area contributed by atoms with Gasteiger partial charge in [-0.15, -0.1) is 0 Å². The monoisotopic (exact) mass is 250 g/mol. The van der Waals surface area contributed by atoms with Gasteiger partial charge in [-0.25, -0.2) is 0 Å². The van der Waals surface area contributed by atoms with E-state index in [1.807, 2.05) is 17.9 Å². The van der Waals surface area contributed by atoms with Crippen LogP contribution < -0.4 is 5.32 Å². The number of hydrogen-bond acceptors (Lipinski definition) is 3. The van der Waals surface area contributed by atoms with Crippen LogP contribution in [-0.2, 0) is 13.6 Å². The van der Waals surface area contributed by atoms with Crippen molar-refractivity contribution in [1.29, 1.82) is 0 Å². The molecule has 1 saturated heterocycles. The van der Waals surface area contributed by atoms with E-state index in [0.29, 0.717) is 0 Å². The zero-order valence-corrected chi connectivity index (χ0v) is 11.9. The van der Waals surface area contributed by atoms with Crippen molar-refractivity contribution in [3.63, 3.8) is 0 Å². The molecule has 0 saturated carbocycles. The molecule has 2 heterocycles. The lowest BCUT2D eigenvalue weighted by molar-refractivity contribution is 0.282. The maximum atomic E-state index is 4.27. The second-order valence-corrected chi connectivity index (χ2v) is 5.62. The van der Waals surface area contributed by atoms with Crippen LogP contribution in [0, 0.1) is 12.8 Å². The third kappa shape index (κ3) is 3.56. The lowest BCUT2D eigenvalue weighted by Crippen LogP contribution is -2.31. The molecule has 18 heavy (non-hydrogen) atoms. The number of nitrogens with one attached hydrogen (secondary N) is 1. The minimum absolute atomic E-state index is 0.722. The lowest BCUT2D eigenvalue weighted by Gasteiger charge is -2.20. The molecule has 1 aliphatic rings. The number of nitrogens with zero attached hydrogens (tertiary/aromatic N) is 3. The van der Waals surface area contributed by atoms with Crippen LogP contribution in [0.4, 0.5) is 0 Å². The fourth-order valence-electron chi connectivity index (χ4n) is 2.64. The van der Waals surface area contributed by atoms with E-state index in [4.69, 9.17) is 0 Å². The Kier molecular flexibility index (Phi) is 4.78. The molecule has 0 aliphatic carbocycles. The molecule has 4 heteroatoms. The molecule has 0 bridgehead atoms. The van der Waals surface area contributed by atoms with E-state index < -0.39 is 0 Å². The van der Waals surface area contributed by atoms with Crippen LogP contribution in [0.15, 0.2) is 6.20 Å². The van der Waals surface area contributed by atoms with Crippen LogP contribution in [0.2, 0.25) is 0 Å². The Hall–Kier alpha value is -0.870. The van der Waals surface area contributed by atoms with Gasteiger partial charge in [0.15, 0.2) is 0 Å². The summed E-state index contributed by atoms with van der Waals surface area (Å²) in [5.74, 6) is 0.722. The quantitative estimate of drug-likeness (QED) is 0.831. The van der Waals surface area contributed by atoms with Crippen molar-refractivity contribution in [1.82, 2.24) is 20.0 Å². The van der Waals surface area contributed by atoms with E-state index in [-0.39, 0.29) is 0 Å². The summed E-state index contributed by atoms with van der Waals surface area (Å²) in [6.07, 6.45) is 4.73. The average molecular weight is 250 g/mol. The van der Waals surface area contributed by atoms with Gasteiger partial charge in [-0.3, -0.25) is 4.68 Å². The van der Waals surface area contributed by atoms with Crippen molar-refractivity contribution in [2.45, 2.75) is 33.2 Å². The Morgan fingerprint density at radius 3 is 2.72 bits per heavy atom. The van der Waals surface area contributed by atoms with Crippen molar-refractivity contribution < 1.29 is 0 Å². The summed E-state index contributed by atoms with van der Waals surface area (Å²) in [5, 5.41) is 7.82. The van der Waals surface area contributed by atoms with Crippen LogP contribution in [0.5, 0.6) is 0 Å². The molecule has 0 amide bonds. The average Bonchev–Trinajstić information content (AvgIpc) is 2.94. The van der Waals surface area contributed by atoms with Crippen LogP contribution in [0.1, 0.15) is 31.0 Å². The zero-order chi connectivity index (χ0) is 13.0. The predicted octanol–water partition coefficient (Wildman–Crippen LogP) is 1.55. The smallest absolute Gasteiger partial charge is 0.0537 e. The van der Waals surface area contributed by atoms with E-state index in [1.54, 1.807) is 0 Å². The summed E-state index contributed by atoms with van der Waals surface area (Å²) < 4.78 is 1.94. The van der Waals surface area contributed by atoms with Crippen LogP contribution in [0.25, 0.3) is 0 Å². The highest BCUT2D eigenvalue weighted by Gasteiger charge is 2.14. The molecule has 4 nitrogen and oxygen atoms in total. The molecule has 2 rings (SSSR count). The summed E-state index contributed by atoms with van der Waals surface area (Å²) >= 11 is 0. The maximum absolute atomic E-state index is 4.27. The normalized spacial score (nSPS) is 18.4. The summed E-state index contributed by atoms with van der Waals surface area (Å²) in [6, 6.07) is 0. The van der Waals surface area contributed by atoms with Gasteiger partial charge in [0.2, 0.25) is 0 Å². The number of aryl methyl sites for hydroxylation is 1. The van der Waals surface area contributed by atoms with Crippen molar-refractivity contribution in [3.8, 4) is 0 Å². The first kappa shape index (κ1) is 13.6. The van der Waals surface area contributed by atoms with Crippen LogP contribution in [-0.4, -0.2) is 40.9 Å². The minimum Gasteiger partial charge on any atom is -0.312 e. The zero-order valence-electron chi connectivity index (χ0n) is 11.9. The molecule has 0 radical (unpaired) electrons. The van der Waals surface area contributed by atoms with E-state index in [2.05, 4.69) is 29.2 Å². The summed E-state index contributed by atoms with van der Waals surface area (Å²) in [4.78, 5) is 2.58. The van der Waals surface area contributed by atoms with Crippen molar-refractivity contribution >= 4 is 0 Å². The summed E-state index contributed by atoms with van der Waals surface area (Å²) in [6.45, 7) is 10.3. The lowest BCUT2D eigenvalue weighted by atomic mass is 10.1. The highest BCUT2D eigenvalue weighted by molar-refractivity contribution is 5.15. The van der Waals surface area contributed by atoms with Gasteiger partial charge in [0.1, 0.15) is 0 Å². The molecule has 1 N–H and O–H groups in total. The molecular formula is C14H26N4. The van der Waals surface area contributed by atoms with Gasteiger partial charge in [0.25, 0.3) is 0 Å². The summed E-state index contributed by atoms with van der Waals surface area (Å²) in [7, 11) is 1.99. The first-order valence-corrected chi connectivity index (χ1v) is 7.07. The molecule has 1 atom stereocenters. The van der Waals surface area contributed by atoms with E-state index in [1.165, 1.54) is 43.7 Å². The molecule has 1 aromatic rings. The minimum atomic E-state index is 0.722. The maximum Gasteiger partial charge on any atom is 0.0537 e. The van der Waals surface area contributed by atoms with Crippen molar-refractivity contribution in [2.24, 2.45) is 13.0 Å². The fraction of sp³-hybridized carbons (Fsp3) is 0.786. The van der Waals surface area contributed by atoms with Gasteiger partial charge in [-0.2, -0.15) is 5.10 Å². The summed E-state index contributed by atoms with van der Waals surface area (Å²) in [5.41, 5.74) is 2.57. The molecule has 1 fully saturated rings. The molecular weight excluding hydrogens is 224 g/mol. The fourth-order valence-corrected chi connectivity index (χ4v) is 2.64. The second-order valence-electron chi connectivity index (χ2n) is 5.62. The van der Waals surface area contributed by atoms with E-state index >= 15 is 0 Å². The number of aromatic nitrogens is 2. The number of likely N-dealkylation sites (tertiary alicyclic amines) is 1. The van der Waals surface area contributed by atoms with Crippen molar-refractivity contribution in [2.75, 3.05) is 26.2 Å². The molecule has 1 aliphatic heterocycles. The van der Waals surface area contributed by atoms with Crippen molar-refractivity contribution in [3.05, 3.63) is 17.5 Å². The number of rotatable bonds is 6. The molecule has 1 unspecified atom stereocenters. The Balaban J connectivity index is 1.66. The topological polar surface area (TPSA) is 33.1 Å². The van der Waals surface area contributed by atoms with Gasteiger partial charge >= 0.3 is 0 Å². The Morgan fingerprint density at radius 1 is 1.39 bits per heavy atom. The molecule has 102 valence electrons. The predicted molar refractivity (Wildman–Crippen MR) is 74.5 cm³/mol. The standard InChI is InChI=1S/C14H26N4/c1-12(11-18-6-4-5-7-18)8-15-9-14-10-16-17(3)13(14)2/h10,12,15H,4-9,11H2,1-3H3. The number of hydrogen-bond donors (Lipinski definition) is 1. The Labute approximate surface area is 110 Å². The first-order valence-electron chi connectivity index (χ1n) is 7.07. The third-order valence-electron chi connectivity index (χ3n) is 3.91. The van der Waals surface area contributed by atoms with Gasteiger partial charge < -0.3 is 10.2 Å². The highest BCUT2D eigenvalue weighted by atomic mass is 15.3. The highest BCUT2D eigenvalue weighted by Crippen LogP contribution is 2.10. The van der Waals surface area contributed by atoms with Gasteiger partial charge in [0.05, 0.1) is 6.20 Å². The Bertz CT molecular complexity index is 366. The van der Waals surface area contributed by atoms with Gasteiger partial charge in [-0.1, -0.05) is 6.92 Å². The molecule has 0 spiro atoms. The van der Waals surface area contributed by atoms with E-state index in [0.717, 1.165) is 19.0 Å². The third-order valence-corrected chi connectivity index (χ3v) is 3.91.